The van der Waals surface area contributed by atoms with Crippen molar-refractivity contribution in [2.75, 3.05) is 0 Å². The number of aliphatic hydroxyl groups is 2. The van der Waals surface area contributed by atoms with Gasteiger partial charge in [0.1, 0.15) is 0 Å². The van der Waals surface area contributed by atoms with Crippen LogP contribution in [0.3, 0.4) is 0 Å². The standard InChI is InChI=1S/C8H18O2.H3N/c1-4-7(9)8(10,5-2)6-3;/h7,9-10H,4-6H2,1-3H3;1H3. The van der Waals surface area contributed by atoms with E-state index in [2.05, 4.69) is 0 Å². The van der Waals surface area contributed by atoms with Gasteiger partial charge in [-0.25, -0.2) is 0 Å². The van der Waals surface area contributed by atoms with Gasteiger partial charge in [-0.1, -0.05) is 20.8 Å². The molecule has 3 nitrogen and oxygen atoms in total. The first-order valence-corrected chi connectivity index (χ1v) is 4.01. The summed E-state index contributed by atoms with van der Waals surface area (Å²) in [6.45, 7) is 5.66. The average molecular weight is 163 g/mol. The number of hydrogen-bond acceptors (Lipinski definition) is 3. The van der Waals surface area contributed by atoms with Crippen molar-refractivity contribution in [2.24, 2.45) is 0 Å². The lowest BCUT2D eigenvalue weighted by Crippen LogP contribution is -2.40. The van der Waals surface area contributed by atoms with E-state index in [4.69, 9.17) is 0 Å². The zero-order valence-electron chi connectivity index (χ0n) is 7.80. The molecule has 1 atom stereocenters. The summed E-state index contributed by atoms with van der Waals surface area (Å²) in [5.74, 6) is 0. The predicted molar refractivity (Wildman–Crippen MR) is 46.9 cm³/mol. The van der Waals surface area contributed by atoms with Crippen LogP contribution in [0.5, 0.6) is 0 Å². The van der Waals surface area contributed by atoms with Crippen LogP contribution in [0.25, 0.3) is 0 Å². The summed E-state index contributed by atoms with van der Waals surface area (Å²) in [6, 6.07) is 0. The van der Waals surface area contributed by atoms with E-state index in [1.54, 1.807) is 0 Å². The number of aliphatic hydroxyl groups excluding tert-OH is 1. The van der Waals surface area contributed by atoms with Crippen LogP contribution in [-0.4, -0.2) is 21.9 Å². The van der Waals surface area contributed by atoms with E-state index in [1.165, 1.54) is 0 Å². The number of rotatable bonds is 4. The maximum Gasteiger partial charge on any atom is 0.0900 e. The molecule has 0 aliphatic rings. The highest BCUT2D eigenvalue weighted by atomic mass is 16.3. The Bertz CT molecular complexity index is 92.1. The molecule has 0 fully saturated rings. The van der Waals surface area contributed by atoms with Crippen LogP contribution in [0.2, 0.25) is 0 Å². The van der Waals surface area contributed by atoms with Crippen molar-refractivity contribution in [3.05, 3.63) is 0 Å². The van der Waals surface area contributed by atoms with Crippen LogP contribution in [-0.2, 0) is 0 Å². The molecule has 0 amide bonds. The van der Waals surface area contributed by atoms with Gasteiger partial charge in [-0.2, -0.15) is 0 Å². The predicted octanol–water partition coefficient (Wildman–Crippen LogP) is 1.47. The molecule has 70 valence electrons. The first-order valence-electron chi connectivity index (χ1n) is 4.01. The Morgan fingerprint density at radius 1 is 1.18 bits per heavy atom. The highest BCUT2D eigenvalue weighted by Gasteiger charge is 2.29. The van der Waals surface area contributed by atoms with Crippen molar-refractivity contribution in [3.8, 4) is 0 Å². The SMILES string of the molecule is CCC(O)C(O)(CC)CC.N. The van der Waals surface area contributed by atoms with Crippen molar-refractivity contribution in [1.82, 2.24) is 6.15 Å². The average Bonchev–Trinajstić information content (AvgIpc) is 2.01. The molecule has 0 aromatic rings. The van der Waals surface area contributed by atoms with Gasteiger partial charge in [0.15, 0.2) is 0 Å². The lowest BCUT2D eigenvalue weighted by molar-refractivity contribution is -0.0807. The third-order valence-corrected chi connectivity index (χ3v) is 2.23. The molecule has 5 N–H and O–H groups in total. The van der Waals surface area contributed by atoms with Crippen LogP contribution in [0, 0.1) is 0 Å². The maximum atomic E-state index is 9.65. The molecular weight excluding hydrogens is 142 g/mol. The Morgan fingerprint density at radius 2 is 1.55 bits per heavy atom. The number of hydrogen-bond donors (Lipinski definition) is 3. The fourth-order valence-corrected chi connectivity index (χ4v) is 1.10. The van der Waals surface area contributed by atoms with Gasteiger partial charge in [0.25, 0.3) is 0 Å². The van der Waals surface area contributed by atoms with Crippen molar-refractivity contribution < 1.29 is 10.2 Å². The summed E-state index contributed by atoms with van der Waals surface area (Å²) in [5.41, 5.74) is -0.852. The Morgan fingerprint density at radius 3 is 1.64 bits per heavy atom. The van der Waals surface area contributed by atoms with Gasteiger partial charge < -0.3 is 16.4 Å². The van der Waals surface area contributed by atoms with Gasteiger partial charge in [-0.15, -0.1) is 0 Å². The van der Waals surface area contributed by atoms with E-state index in [0.29, 0.717) is 19.3 Å². The molecule has 0 heterocycles. The second-order valence-corrected chi connectivity index (χ2v) is 2.73. The summed E-state index contributed by atoms with van der Waals surface area (Å²) >= 11 is 0. The third kappa shape index (κ3) is 3.18. The summed E-state index contributed by atoms with van der Waals surface area (Å²) in [5, 5.41) is 19.0. The molecule has 11 heavy (non-hydrogen) atoms. The molecule has 0 bridgehead atoms. The second kappa shape index (κ2) is 5.52. The highest BCUT2D eigenvalue weighted by molar-refractivity contribution is 4.82. The van der Waals surface area contributed by atoms with Crippen LogP contribution >= 0.6 is 0 Å². The summed E-state index contributed by atoms with van der Waals surface area (Å²) in [4.78, 5) is 0. The van der Waals surface area contributed by atoms with Gasteiger partial charge in [-0.05, 0) is 19.3 Å². The quantitative estimate of drug-likeness (QED) is 0.587. The molecule has 0 spiro atoms. The minimum atomic E-state index is -0.852. The molecular formula is C8H21NO2. The Hall–Kier alpha value is -0.120. The molecule has 0 saturated carbocycles. The van der Waals surface area contributed by atoms with E-state index >= 15 is 0 Å². The Balaban J connectivity index is 0. The van der Waals surface area contributed by atoms with Gasteiger partial charge in [0.05, 0.1) is 11.7 Å². The molecule has 0 rings (SSSR count). The van der Waals surface area contributed by atoms with E-state index in [-0.39, 0.29) is 6.15 Å². The van der Waals surface area contributed by atoms with Crippen LogP contribution in [0.15, 0.2) is 0 Å². The largest absolute Gasteiger partial charge is 0.390 e. The van der Waals surface area contributed by atoms with E-state index in [0.717, 1.165) is 0 Å². The van der Waals surface area contributed by atoms with Gasteiger partial charge >= 0.3 is 0 Å². The first kappa shape index (κ1) is 13.5. The van der Waals surface area contributed by atoms with Crippen LogP contribution < -0.4 is 6.15 Å². The zero-order chi connectivity index (χ0) is 8.20. The Kier molecular flexibility index (Phi) is 6.76. The van der Waals surface area contributed by atoms with Crippen molar-refractivity contribution in [3.63, 3.8) is 0 Å². The molecule has 0 aliphatic heterocycles. The highest BCUT2D eigenvalue weighted by Crippen LogP contribution is 2.21. The normalized spacial score (nSPS) is 13.9. The van der Waals surface area contributed by atoms with Crippen LogP contribution in [0.4, 0.5) is 0 Å². The summed E-state index contributed by atoms with van der Waals surface area (Å²) in [7, 11) is 0. The van der Waals surface area contributed by atoms with Crippen molar-refractivity contribution in [1.29, 1.82) is 0 Å². The maximum absolute atomic E-state index is 9.65. The molecule has 0 aromatic heterocycles. The molecule has 0 aliphatic carbocycles. The van der Waals surface area contributed by atoms with E-state index < -0.39 is 11.7 Å². The fourth-order valence-electron chi connectivity index (χ4n) is 1.10. The fraction of sp³-hybridized carbons (Fsp3) is 1.00. The molecule has 1 unspecified atom stereocenters. The Labute approximate surface area is 69.0 Å². The van der Waals surface area contributed by atoms with E-state index in [1.807, 2.05) is 20.8 Å². The smallest absolute Gasteiger partial charge is 0.0900 e. The summed E-state index contributed by atoms with van der Waals surface area (Å²) in [6.07, 6.45) is 1.30. The molecule has 0 radical (unpaired) electrons. The molecule has 0 aromatic carbocycles. The van der Waals surface area contributed by atoms with E-state index in [9.17, 15) is 10.2 Å². The lowest BCUT2D eigenvalue weighted by Gasteiger charge is -2.30. The zero-order valence-corrected chi connectivity index (χ0v) is 7.80. The monoisotopic (exact) mass is 163 g/mol. The van der Waals surface area contributed by atoms with Crippen LogP contribution in [0.1, 0.15) is 40.0 Å². The molecule has 3 heteroatoms. The van der Waals surface area contributed by atoms with Gasteiger partial charge in [0.2, 0.25) is 0 Å². The minimum absolute atomic E-state index is 0. The van der Waals surface area contributed by atoms with Crippen molar-refractivity contribution in [2.45, 2.75) is 51.7 Å². The first-order chi connectivity index (χ1) is 4.60. The third-order valence-electron chi connectivity index (χ3n) is 2.23. The lowest BCUT2D eigenvalue weighted by atomic mass is 9.89. The van der Waals surface area contributed by atoms with Gasteiger partial charge in [0, 0.05) is 0 Å². The molecule has 0 saturated heterocycles. The second-order valence-electron chi connectivity index (χ2n) is 2.73. The van der Waals surface area contributed by atoms with Gasteiger partial charge in [-0.3, -0.25) is 0 Å². The van der Waals surface area contributed by atoms with Crippen molar-refractivity contribution >= 4 is 0 Å². The summed E-state index contributed by atoms with van der Waals surface area (Å²) < 4.78 is 0. The topological polar surface area (TPSA) is 75.5 Å². The minimum Gasteiger partial charge on any atom is -0.390 e.